The van der Waals surface area contributed by atoms with Gasteiger partial charge in [-0.05, 0) is 30.3 Å². The summed E-state index contributed by atoms with van der Waals surface area (Å²) < 4.78 is 18.7. The van der Waals surface area contributed by atoms with Crippen LogP contribution in [0.2, 0.25) is 0 Å². The second-order valence-corrected chi connectivity index (χ2v) is 5.92. The molecule has 0 aliphatic carbocycles. The number of anilines is 1. The third-order valence-corrected chi connectivity index (χ3v) is 4.28. The standard InChI is InChI=1S/C19H20FN3O3/c1-26-17-8-7-14(13-16(17)20)18(24)22-9-11-23(12-10-22)19(25)21-15-5-3-2-4-6-15/h2-8,13H,9-12H2,1H3,(H,21,25). The molecule has 1 heterocycles. The molecule has 0 spiro atoms. The molecule has 1 saturated heterocycles. The normalized spacial score (nSPS) is 14.1. The molecule has 136 valence electrons. The lowest BCUT2D eigenvalue weighted by Gasteiger charge is -2.34. The number of halogens is 1. The number of urea groups is 1. The molecule has 7 heteroatoms. The molecule has 1 fully saturated rings. The molecule has 1 N–H and O–H groups in total. The molecular weight excluding hydrogens is 337 g/mol. The Bertz CT molecular complexity index is 790. The van der Waals surface area contributed by atoms with Crippen LogP contribution < -0.4 is 10.1 Å². The first-order chi connectivity index (χ1) is 12.6. The number of ether oxygens (including phenoxy) is 1. The van der Waals surface area contributed by atoms with Crippen LogP contribution in [0.4, 0.5) is 14.9 Å². The fourth-order valence-corrected chi connectivity index (χ4v) is 2.82. The van der Waals surface area contributed by atoms with Crippen LogP contribution in [0.25, 0.3) is 0 Å². The molecule has 2 aromatic carbocycles. The van der Waals surface area contributed by atoms with Gasteiger partial charge in [0.05, 0.1) is 7.11 Å². The van der Waals surface area contributed by atoms with Gasteiger partial charge in [0.1, 0.15) is 0 Å². The monoisotopic (exact) mass is 357 g/mol. The molecular formula is C19H20FN3O3. The zero-order valence-corrected chi connectivity index (χ0v) is 14.4. The van der Waals surface area contributed by atoms with E-state index in [1.54, 1.807) is 15.9 Å². The number of carbonyl (C=O) groups is 2. The fourth-order valence-electron chi connectivity index (χ4n) is 2.82. The minimum absolute atomic E-state index is 0.101. The van der Waals surface area contributed by atoms with Crippen molar-refractivity contribution in [1.29, 1.82) is 0 Å². The Hall–Kier alpha value is -3.09. The summed E-state index contributed by atoms with van der Waals surface area (Å²) in [5, 5.41) is 2.83. The smallest absolute Gasteiger partial charge is 0.321 e. The highest BCUT2D eigenvalue weighted by Crippen LogP contribution is 2.19. The van der Waals surface area contributed by atoms with E-state index in [0.29, 0.717) is 26.2 Å². The molecule has 1 aliphatic rings. The lowest BCUT2D eigenvalue weighted by molar-refractivity contribution is 0.0671. The van der Waals surface area contributed by atoms with Gasteiger partial charge in [0.25, 0.3) is 5.91 Å². The van der Waals surface area contributed by atoms with Gasteiger partial charge in [-0.2, -0.15) is 0 Å². The van der Waals surface area contributed by atoms with E-state index in [1.165, 1.54) is 19.2 Å². The van der Waals surface area contributed by atoms with Gasteiger partial charge in [-0.1, -0.05) is 18.2 Å². The molecule has 3 rings (SSSR count). The van der Waals surface area contributed by atoms with Crippen LogP contribution in [0.15, 0.2) is 48.5 Å². The largest absolute Gasteiger partial charge is 0.494 e. The van der Waals surface area contributed by atoms with Gasteiger partial charge in [0.2, 0.25) is 0 Å². The Morgan fingerprint density at radius 2 is 1.65 bits per heavy atom. The zero-order valence-electron chi connectivity index (χ0n) is 14.4. The Labute approximate surface area is 151 Å². The van der Waals surface area contributed by atoms with Gasteiger partial charge in [-0.3, -0.25) is 4.79 Å². The van der Waals surface area contributed by atoms with Crippen LogP contribution in [-0.2, 0) is 0 Å². The molecule has 0 unspecified atom stereocenters. The summed E-state index contributed by atoms with van der Waals surface area (Å²) in [6.07, 6.45) is 0. The summed E-state index contributed by atoms with van der Waals surface area (Å²) in [7, 11) is 1.37. The van der Waals surface area contributed by atoms with E-state index in [2.05, 4.69) is 5.32 Å². The number of hydrogen-bond donors (Lipinski definition) is 1. The Balaban J connectivity index is 1.57. The first-order valence-electron chi connectivity index (χ1n) is 8.32. The highest BCUT2D eigenvalue weighted by molar-refractivity contribution is 5.95. The summed E-state index contributed by atoms with van der Waals surface area (Å²) in [4.78, 5) is 28.1. The molecule has 1 aliphatic heterocycles. The summed E-state index contributed by atoms with van der Waals surface area (Å²) >= 11 is 0. The topological polar surface area (TPSA) is 61.9 Å². The number of hydrogen-bond acceptors (Lipinski definition) is 3. The highest BCUT2D eigenvalue weighted by atomic mass is 19.1. The van der Waals surface area contributed by atoms with Gasteiger partial charge in [0.15, 0.2) is 11.6 Å². The average Bonchev–Trinajstić information content (AvgIpc) is 2.68. The molecule has 3 amide bonds. The number of benzene rings is 2. The van der Waals surface area contributed by atoms with Crippen LogP contribution in [0.1, 0.15) is 10.4 Å². The van der Waals surface area contributed by atoms with Crippen molar-refractivity contribution in [2.45, 2.75) is 0 Å². The van der Waals surface area contributed by atoms with Gasteiger partial charge in [0, 0.05) is 37.4 Å². The third kappa shape index (κ3) is 3.93. The molecule has 0 bridgehead atoms. The predicted octanol–water partition coefficient (Wildman–Crippen LogP) is 2.82. The fraction of sp³-hybridized carbons (Fsp3) is 0.263. The maximum absolute atomic E-state index is 13.8. The SMILES string of the molecule is COc1ccc(C(=O)N2CCN(C(=O)Nc3ccccc3)CC2)cc1F. The first kappa shape index (κ1) is 17.7. The van der Waals surface area contributed by atoms with Crippen molar-refractivity contribution >= 4 is 17.6 Å². The van der Waals surface area contributed by atoms with E-state index in [0.717, 1.165) is 5.69 Å². The Morgan fingerprint density at radius 3 is 2.27 bits per heavy atom. The van der Waals surface area contributed by atoms with Gasteiger partial charge < -0.3 is 19.9 Å². The number of rotatable bonds is 3. The number of para-hydroxylation sites is 1. The molecule has 2 aromatic rings. The van der Waals surface area contributed by atoms with E-state index in [4.69, 9.17) is 4.74 Å². The van der Waals surface area contributed by atoms with Crippen LogP contribution in [0.3, 0.4) is 0 Å². The van der Waals surface area contributed by atoms with E-state index < -0.39 is 5.82 Å². The molecule has 0 atom stereocenters. The summed E-state index contributed by atoms with van der Waals surface area (Å²) in [5.41, 5.74) is 0.996. The van der Waals surface area contributed by atoms with Crippen molar-refractivity contribution < 1.29 is 18.7 Å². The maximum atomic E-state index is 13.8. The first-order valence-corrected chi connectivity index (χ1v) is 8.32. The average molecular weight is 357 g/mol. The van der Waals surface area contributed by atoms with E-state index in [-0.39, 0.29) is 23.3 Å². The number of methoxy groups -OCH3 is 1. The second kappa shape index (κ2) is 7.86. The number of carbonyl (C=O) groups excluding carboxylic acids is 2. The number of nitrogens with one attached hydrogen (secondary N) is 1. The number of nitrogens with zero attached hydrogens (tertiary/aromatic N) is 2. The second-order valence-electron chi connectivity index (χ2n) is 5.92. The minimum atomic E-state index is -0.570. The predicted molar refractivity (Wildman–Crippen MR) is 95.9 cm³/mol. The van der Waals surface area contributed by atoms with Gasteiger partial charge in [-0.25, -0.2) is 9.18 Å². The highest BCUT2D eigenvalue weighted by Gasteiger charge is 2.25. The van der Waals surface area contributed by atoms with Crippen LogP contribution in [-0.4, -0.2) is 55.0 Å². The molecule has 0 radical (unpaired) electrons. The van der Waals surface area contributed by atoms with E-state index in [9.17, 15) is 14.0 Å². The molecule has 6 nitrogen and oxygen atoms in total. The van der Waals surface area contributed by atoms with Crippen molar-refractivity contribution in [3.63, 3.8) is 0 Å². The lowest BCUT2D eigenvalue weighted by Crippen LogP contribution is -2.51. The minimum Gasteiger partial charge on any atom is -0.494 e. The van der Waals surface area contributed by atoms with Crippen LogP contribution in [0.5, 0.6) is 5.75 Å². The molecule has 0 aromatic heterocycles. The van der Waals surface area contributed by atoms with Crippen molar-refractivity contribution in [1.82, 2.24) is 9.80 Å². The van der Waals surface area contributed by atoms with Crippen molar-refractivity contribution in [3.8, 4) is 5.75 Å². The van der Waals surface area contributed by atoms with E-state index in [1.807, 2.05) is 30.3 Å². The number of piperazine rings is 1. The Kier molecular flexibility index (Phi) is 5.36. The maximum Gasteiger partial charge on any atom is 0.321 e. The van der Waals surface area contributed by atoms with Crippen molar-refractivity contribution in [2.24, 2.45) is 0 Å². The van der Waals surface area contributed by atoms with Crippen LogP contribution in [0, 0.1) is 5.82 Å². The zero-order chi connectivity index (χ0) is 18.5. The van der Waals surface area contributed by atoms with Gasteiger partial charge in [-0.15, -0.1) is 0 Å². The summed E-state index contributed by atoms with van der Waals surface area (Å²) in [6.45, 7) is 1.63. The Morgan fingerprint density at radius 1 is 1.00 bits per heavy atom. The van der Waals surface area contributed by atoms with Crippen molar-refractivity contribution in [3.05, 3.63) is 59.9 Å². The number of amides is 3. The quantitative estimate of drug-likeness (QED) is 0.919. The van der Waals surface area contributed by atoms with Crippen LogP contribution >= 0.6 is 0 Å². The van der Waals surface area contributed by atoms with Gasteiger partial charge >= 0.3 is 6.03 Å². The summed E-state index contributed by atoms with van der Waals surface area (Å²) in [5.74, 6) is -0.724. The van der Waals surface area contributed by atoms with E-state index >= 15 is 0 Å². The molecule has 0 saturated carbocycles. The molecule has 26 heavy (non-hydrogen) atoms. The third-order valence-electron chi connectivity index (χ3n) is 4.28. The van der Waals surface area contributed by atoms with Crippen molar-refractivity contribution in [2.75, 3.05) is 38.6 Å². The summed E-state index contributed by atoms with van der Waals surface area (Å²) in [6, 6.07) is 13.2. The lowest BCUT2D eigenvalue weighted by atomic mass is 10.1.